The van der Waals surface area contributed by atoms with E-state index in [1.54, 1.807) is 6.08 Å². The number of allylic oxidation sites excluding steroid dienone is 4. The minimum Gasteiger partial charge on any atom is -0.310 e. The summed E-state index contributed by atoms with van der Waals surface area (Å²) in [7, 11) is 0. The quantitative estimate of drug-likeness (QED) is 0.0791. The molecular formula is C52H39N. The highest BCUT2D eigenvalue weighted by molar-refractivity contribution is 6.08. The van der Waals surface area contributed by atoms with Crippen molar-refractivity contribution in [3.8, 4) is 22.3 Å². The van der Waals surface area contributed by atoms with Gasteiger partial charge in [-0.25, -0.2) is 0 Å². The Morgan fingerprint density at radius 3 is 1.96 bits per heavy atom. The Morgan fingerprint density at radius 1 is 0.472 bits per heavy atom. The second kappa shape index (κ2) is 15.1. The molecule has 53 heavy (non-hydrogen) atoms. The van der Waals surface area contributed by atoms with Crippen molar-refractivity contribution >= 4 is 56.3 Å². The van der Waals surface area contributed by atoms with Crippen molar-refractivity contribution in [1.82, 2.24) is 0 Å². The van der Waals surface area contributed by atoms with Crippen LogP contribution >= 0.6 is 0 Å². The molecule has 0 aliphatic heterocycles. The number of rotatable bonds is 10. The minimum atomic E-state index is 1.04. The van der Waals surface area contributed by atoms with Crippen molar-refractivity contribution in [1.29, 1.82) is 0 Å². The van der Waals surface area contributed by atoms with E-state index in [4.69, 9.17) is 0 Å². The number of benzene rings is 8. The molecule has 0 amide bonds. The van der Waals surface area contributed by atoms with E-state index in [0.717, 1.165) is 44.9 Å². The van der Waals surface area contributed by atoms with Gasteiger partial charge in [-0.1, -0.05) is 183 Å². The minimum absolute atomic E-state index is 1.04. The smallest absolute Gasteiger partial charge is 0.0540 e. The Labute approximate surface area is 312 Å². The highest BCUT2D eigenvalue weighted by atomic mass is 15.1. The van der Waals surface area contributed by atoms with E-state index in [0.29, 0.717) is 0 Å². The Morgan fingerprint density at radius 2 is 1.15 bits per heavy atom. The maximum atomic E-state index is 4.23. The molecular weight excluding hydrogens is 639 g/mol. The average Bonchev–Trinajstić information content (AvgIpc) is 3.23. The van der Waals surface area contributed by atoms with Crippen LogP contribution in [0, 0.1) is 0 Å². The van der Waals surface area contributed by atoms with Crippen LogP contribution in [0.3, 0.4) is 0 Å². The van der Waals surface area contributed by atoms with Crippen LogP contribution in [0.4, 0.5) is 17.1 Å². The largest absolute Gasteiger partial charge is 0.310 e. The number of anilines is 3. The van der Waals surface area contributed by atoms with E-state index in [1.807, 2.05) is 12.2 Å². The van der Waals surface area contributed by atoms with Crippen LogP contribution in [-0.2, 0) is 0 Å². The van der Waals surface area contributed by atoms with Gasteiger partial charge in [0.15, 0.2) is 0 Å². The van der Waals surface area contributed by atoms with Gasteiger partial charge in [-0.3, -0.25) is 0 Å². The molecule has 0 bridgehead atoms. The predicted molar refractivity (Wildman–Crippen MR) is 231 cm³/mol. The van der Waals surface area contributed by atoms with Crippen LogP contribution in [0.2, 0.25) is 0 Å². The molecule has 0 saturated heterocycles. The summed E-state index contributed by atoms with van der Waals surface area (Å²) in [6.07, 6.45) is 10.0. The van der Waals surface area contributed by atoms with Gasteiger partial charge >= 0.3 is 0 Å². The molecule has 0 saturated carbocycles. The third kappa shape index (κ3) is 6.89. The summed E-state index contributed by atoms with van der Waals surface area (Å²) >= 11 is 0. The first-order valence-corrected chi connectivity index (χ1v) is 18.0. The van der Waals surface area contributed by atoms with E-state index in [9.17, 15) is 0 Å². The standard InChI is InChI=1S/C52H39N/c1-3-5-16-39-17-9-10-21-44(39)35-38(4-2)45-22-15-23-48(36-45)53(52-26-14-13-25-50(52)41-18-7-6-8-19-41)47-33-31-40(32-34-47)46-30-29-43-28-27-42-20-11-12-24-49(42)51(43)37-46/h3-37H,1-2H2/b16-5-,38-35+. The Bertz CT molecular complexity index is 2640. The first kappa shape index (κ1) is 33.2. The average molecular weight is 678 g/mol. The summed E-state index contributed by atoms with van der Waals surface area (Å²) < 4.78 is 0. The molecule has 0 aromatic heterocycles. The molecule has 1 nitrogen and oxygen atoms in total. The zero-order valence-corrected chi connectivity index (χ0v) is 29.6. The highest BCUT2D eigenvalue weighted by Crippen LogP contribution is 2.42. The van der Waals surface area contributed by atoms with Gasteiger partial charge in [0.25, 0.3) is 0 Å². The van der Waals surface area contributed by atoms with Gasteiger partial charge in [0.05, 0.1) is 5.69 Å². The molecule has 8 aromatic carbocycles. The number of para-hydroxylation sites is 1. The van der Waals surface area contributed by atoms with Crippen molar-refractivity contribution in [2.24, 2.45) is 0 Å². The first-order chi connectivity index (χ1) is 26.2. The van der Waals surface area contributed by atoms with Gasteiger partial charge in [0.2, 0.25) is 0 Å². The molecule has 0 N–H and O–H groups in total. The first-order valence-electron chi connectivity index (χ1n) is 18.0. The molecule has 1 heteroatoms. The van der Waals surface area contributed by atoms with Crippen LogP contribution in [0.5, 0.6) is 0 Å². The molecule has 0 unspecified atom stereocenters. The van der Waals surface area contributed by atoms with Crippen molar-refractivity contribution in [3.63, 3.8) is 0 Å². The summed E-state index contributed by atoms with van der Waals surface area (Å²) in [5, 5.41) is 5.05. The lowest BCUT2D eigenvalue weighted by molar-refractivity contribution is 1.28. The third-order valence-corrected chi connectivity index (χ3v) is 9.81. The Balaban J connectivity index is 1.24. The fourth-order valence-electron chi connectivity index (χ4n) is 7.16. The van der Waals surface area contributed by atoms with Crippen LogP contribution in [0.25, 0.3) is 61.5 Å². The van der Waals surface area contributed by atoms with Gasteiger partial charge < -0.3 is 4.90 Å². The van der Waals surface area contributed by atoms with E-state index < -0.39 is 0 Å². The summed E-state index contributed by atoms with van der Waals surface area (Å²) in [6.45, 7) is 8.08. The van der Waals surface area contributed by atoms with E-state index in [-0.39, 0.29) is 0 Å². The maximum absolute atomic E-state index is 4.23. The molecule has 0 aliphatic carbocycles. The SMILES string of the molecule is C=C/C=C\c1ccccc1/C=C(\C=C)c1cccc(N(c2ccc(-c3ccc4ccc5ccccc5c4c3)cc2)c2ccccc2-c2ccccc2)c1. The molecule has 8 aromatic rings. The lowest BCUT2D eigenvalue weighted by Gasteiger charge is -2.28. The van der Waals surface area contributed by atoms with Gasteiger partial charge in [-0.15, -0.1) is 0 Å². The molecule has 8 rings (SSSR count). The molecule has 0 radical (unpaired) electrons. The van der Waals surface area contributed by atoms with E-state index in [1.165, 1.54) is 38.2 Å². The van der Waals surface area contributed by atoms with E-state index in [2.05, 4.69) is 212 Å². The number of nitrogens with zero attached hydrogens (tertiary/aromatic N) is 1. The van der Waals surface area contributed by atoms with Crippen LogP contribution in [0.15, 0.2) is 213 Å². The van der Waals surface area contributed by atoms with Crippen molar-refractivity contribution < 1.29 is 0 Å². The molecule has 0 heterocycles. The monoisotopic (exact) mass is 677 g/mol. The van der Waals surface area contributed by atoms with Gasteiger partial charge in [0, 0.05) is 16.9 Å². The normalized spacial score (nSPS) is 11.6. The molecule has 0 fully saturated rings. The third-order valence-electron chi connectivity index (χ3n) is 9.81. The fourth-order valence-corrected chi connectivity index (χ4v) is 7.16. The summed E-state index contributed by atoms with van der Waals surface area (Å²) in [4.78, 5) is 2.37. The fraction of sp³-hybridized carbons (Fsp3) is 0. The van der Waals surface area contributed by atoms with Gasteiger partial charge in [0.1, 0.15) is 0 Å². The lowest BCUT2D eigenvalue weighted by Crippen LogP contribution is -2.11. The zero-order valence-electron chi connectivity index (χ0n) is 29.6. The van der Waals surface area contributed by atoms with Crippen molar-refractivity contribution in [3.05, 3.63) is 230 Å². The molecule has 0 aliphatic rings. The lowest BCUT2D eigenvalue weighted by atomic mass is 9.96. The van der Waals surface area contributed by atoms with Gasteiger partial charge in [-0.2, -0.15) is 0 Å². The number of fused-ring (bicyclic) bond motifs is 3. The predicted octanol–water partition coefficient (Wildman–Crippen LogP) is 14.7. The van der Waals surface area contributed by atoms with Crippen molar-refractivity contribution in [2.75, 3.05) is 4.90 Å². The Hall–Kier alpha value is -6.96. The molecule has 252 valence electrons. The molecule has 0 atom stereocenters. The topological polar surface area (TPSA) is 3.24 Å². The van der Waals surface area contributed by atoms with Crippen LogP contribution in [0.1, 0.15) is 16.7 Å². The summed E-state index contributed by atoms with van der Waals surface area (Å²) in [6, 6.07) is 65.2. The molecule has 0 spiro atoms. The van der Waals surface area contributed by atoms with Gasteiger partial charge in [-0.05, 0) is 103 Å². The zero-order chi connectivity index (χ0) is 36.0. The second-order valence-electron chi connectivity index (χ2n) is 13.1. The maximum Gasteiger partial charge on any atom is 0.0540 e. The van der Waals surface area contributed by atoms with Crippen molar-refractivity contribution in [2.45, 2.75) is 0 Å². The highest BCUT2D eigenvalue weighted by Gasteiger charge is 2.18. The van der Waals surface area contributed by atoms with Crippen LogP contribution < -0.4 is 4.90 Å². The summed E-state index contributed by atoms with van der Waals surface area (Å²) in [5.74, 6) is 0. The van der Waals surface area contributed by atoms with Crippen LogP contribution in [-0.4, -0.2) is 0 Å². The Kier molecular flexibility index (Phi) is 9.46. The second-order valence-corrected chi connectivity index (χ2v) is 13.1. The van der Waals surface area contributed by atoms with E-state index >= 15 is 0 Å². The summed E-state index contributed by atoms with van der Waals surface area (Å²) in [5.41, 5.74) is 12.3. The number of hydrogen-bond donors (Lipinski definition) is 0. The number of hydrogen-bond acceptors (Lipinski definition) is 1.